The second kappa shape index (κ2) is 6.83. The van der Waals surface area contributed by atoms with Gasteiger partial charge in [-0.2, -0.15) is 0 Å². The van der Waals surface area contributed by atoms with Gasteiger partial charge in [0.25, 0.3) is 0 Å². The highest BCUT2D eigenvalue weighted by atomic mass is 32.1. The van der Waals surface area contributed by atoms with E-state index in [0.717, 1.165) is 45.0 Å². The van der Waals surface area contributed by atoms with Gasteiger partial charge < -0.3 is 10.6 Å². The average molecular weight is 309 g/mol. The minimum Gasteiger partial charge on any atom is -0.315 e. The zero-order valence-corrected chi connectivity index (χ0v) is 13.3. The van der Waals surface area contributed by atoms with E-state index < -0.39 is 0 Å². The van der Waals surface area contributed by atoms with Gasteiger partial charge in [-0.1, -0.05) is 0 Å². The van der Waals surface area contributed by atoms with Crippen molar-refractivity contribution < 1.29 is 4.79 Å². The molecule has 0 aliphatic carbocycles. The molecular weight excluding hydrogens is 286 g/mol. The number of piperazine rings is 1. The van der Waals surface area contributed by atoms with Crippen molar-refractivity contribution in [3.8, 4) is 0 Å². The van der Waals surface area contributed by atoms with Crippen molar-refractivity contribution >= 4 is 22.4 Å². The van der Waals surface area contributed by atoms with Crippen LogP contribution in [0.1, 0.15) is 12.1 Å². The lowest BCUT2D eigenvalue weighted by Crippen LogP contribution is -2.52. The summed E-state index contributed by atoms with van der Waals surface area (Å²) in [7, 11) is 0. The second-order valence-corrected chi connectivity index (χ2v) is 6.66. The number of thiazole rings is 1. The molecule has 2 N–H and O–H groups in total. The van der Waals surface area contributed by atoms with Crippen molar-refractivity contribution in [3.63, 3.8) is 0 Å². The lowest BCUT2D eigenvalue weighted by Gasteiger charge is -2.37. The normalized spacial score (nSPS) is 24.3. The molecule has 0 bridgehead atoms. The van der Waals surface area contributed by atoms with Gasteiger partial charge in [0.15, 0.2) is 5.13 Å². The van der Waals surface area contributed by atoms with E-state index in [2.05, 4.69) is 25.4 Å². The molecule has 1 aromatic heterocycles. The van der Waals surface area contributed by atoms with Gasteiger partial charge in [0.2, 0.25) is 5.91 Å². The SMILES string of the molecule is Cc1csc(NC(=O)CN2CCN(C3CCNC3)CC2)n1. The molecule has 2 aliphatic rings. The molecule has 6 nitrogen and oxygen atoms in total. The zero-order valence-electron chi connectivity index (χ0n) is 12.5. The first-order valence-electron chi connectivity index (χ1n) is 7.60. The number of nitrogens with zero attached hydrogens (tertiary/aromatic N) is 3. The van der Waals surface area contributed by atoms with E-state index in [1.807, 2.05) is 12.3 Å². The van der Waals surface area contributed by atoms with Crippen molar-refractivity contribution in [3.05, 3.63) is 11.1 Å². The van der Waals surface area contributed by atoms with Crippen molar-refractivity contribution in [2.45, 2.75) is 19.4 Å². The van der Waals surface area contributed by atoms with E-state index in [1.54, 1.807) is 0 Å². The molecule has 1 amide bonds. The predicted molar refractivity (Wildman–Crippen MR) is 84.8 cm³/mol. The summed E-state index contributed by atoms with van der Waals surface area (Å²) in [4.78, 5) is 21.1. The van der Waals surface area contributed by atoms with E-state index in [9.17, 15) is 4.79 Å². The molecule has 1 unspecified atom stereocenters. The van der Waals surface area contributed by atoms with Crippen LogP contribution in [0.4, 0.5) is 5.13 Å². The van der Waals surface area contributed by atoms with Gasteiger partial charge in [-0.3, -0.25) is 14.6 Å². The standard InChI is InChI=1S/C14H23N5OS/c1-11-10-21-14(16-11)17-13(20)9-18-4-6-19(7-5-18)12-2-3-15-8-12/h10,12,15H,2-9H2,1H3,(H,16,17,20). The fourth-order valence-electron chi connectivity index (χ4n) is 3.01. The molecule has 2 fully saturated rings. The van der Waals surface area contributed by atoms with E-state index in [1.165, 1.54) is 17.8 Å². The van der Waals surface area contributed by atoms with Gasteiger partial charge in [-0.05, 0) is 19.9 Å². The quantitative estimate of drug-likeness (QED) is 0.841. The molecule has 2 saturated heterocycles. The van der Waals surface area contributed by atoms with E-state index >= 15 is 0 Å². The highest BCUT2D eigenvalue weighted by Gasteiger charge is 2.26. The number of carbonyl (C=O) groups is 1. The smallest absolute Gasteiger partial charge is 0.240 e. The monoisotopic (exact) mass is 309 g/mol. The van der Waals surface area contributed by atoms with Crippen LogP contribution in [-0.2, 0) is 4.79 Å². The number of hydrogen-bond donors (Lipinski definition) is 2. The predicted octanol–water partition coefficient (Wildman–Crippen LogP) is 0.370. The van der Waals surface area contributed by atoms with Gasteiger partial charge >= 0.3 is 0 Å². The fourth-order valence-corrected chi connectivity index (χ4v) is 3.72. The molecule has 1 aromatic rings. The summed E-state index contributed by atoms with van der Waals surface area (Å²) in [5, 5.41) is 8.95. The molecule has 3 heterocycles. The number of aromatic nitrogens is 1. The third-order valence-corrected chi connectivity index (χ3v) is 5.07. The summed E-state index contributed by atoms with van der Waals surface area (Å²) in [6.45, 7) is 8.73. The Morgan fingerprint density at radius 2 is 2.29 bits per heavy atom. The van der Waals surface area contributed by atoms with Gasteiger partial charge in [-0.15, -0.1) is 11.3 Å². The third kappa shape index (κ3) is 4.00. The maximum atomic E-state index is 12.0. The molecule has 116 valence electrons. The minimum atomic E-state index is 0.0420. The zero-order chi connectivity index (χ0) is 14.7. The first-order chi connectivity index (χ1) is 10.2. The van der Waals surface area contributed by atoms with E-state index in [0.29, 0.717) is 17.7 Å². The Balaban J connectivity index is 1.41. The maximum absolute atomic E-state index is 12.0. The molecule has 0 radical (unpaired) electrons. The maximum Gasteiger partial charge on any atom is 0.240 e. The molecule has 2 aliphatic heterocycles. The minimum absolute atomic E-state index is 0.0420. The van der Waals surface area contributed by atoms with Crippen molar-refractivity contribution in [2.75, 3.05) is 51.1 Å². The second-order valence-electron chi connectivity index (χ2n) is 5.80. The molecule has 21 heavy (non-hydrogen) atoms. The van der Waals surface area contributed by atoms with Gasteiger partial charge in [-0.25, -0.2) is 4.98 Å². The van der Waals surface area contributed by atoms with Crippen LogP contribution in [0, 0.1) is 6.92 Å². The van der Waals surface area contributed by atoms with Crippen molar-refractivity contribution in [1.29, 1.82) is 0 Å². The largest absolute Gasteiger partial charge is 0.315 e. The van der Waals surface area contributed by atoms with Crippen molar-refractivity contribution in [1.82, 2.24) is 20.1 Å². The Morgan fingerprint density at radius 3 is 2.90 bits per heavy atom. The fraction of sp³-hybridized carbons (Fsp3) is 0.714. The van der Waals surface area contributed by atoms with Crippen LogP contribution < -0.4 is 10.6 Å². The Kier molecular flexibility index (Phi) is 4.84. The number of aryl methyl sites for hydroxylation is 1. The van der Waals surface area contributed by atoms with Crippen LogP contribution in [-0.4, -0.2) is 72.5 Å². The van der Waals surface area contributed by atoms with Gasteiger partial charge in [0.05, 0.1) is 12.2 Å². The Morgan fingerprint density at radius 1 is 1.48 bits per heavy atom. The number of rotatable bonds is 4. The summed E-state index contributed by atoms with van der Waals surface area (Å²) in [6.07, 6.45) is 1.25. The molecule has 1 atom stereocenters. The molecule has 0 saturated carbocycles. The number of anilines is 1. The number of carbonyl (C=O) groups excluding carboxylic acids is 1. The number of amides is 1. The van der Waals surface area contributed by atoms with Crippen molar-refractivity contribution in [2.24, 2.45) is 0 Å². The molecular formula is C14H23N5OS. The molecule has 0 spiro atoms. The van der Waals surface area contributed by atoms with Crippen LogP contribution in [0.5, 0.6) is 0 Å². The van der Waals surface area contributed by atoms with Gasteiger partial charge in [0, 0.05) is 44.1 Å². The summed E-state index contributed by atoms with van der Waals surface area (Å²) in [5.41, 5.74) is 0.953. The topological polar surface area (TPSA) is 60.5 Å². The molecule has 7 heteroatoms. The van der Waals surface area contributed by atoms with Crippen LogP contribution >= 0.6 is 11.3 Å². The first-order valence-corrected chi connectivity index (χ1v) is 8.48. The Bertz CT molecular complexity index is 477. The van der Waals surface area contributed by atoms with Crippen LogP contribution in [0.15, 0.2) is 5.38 Å². The molecule has 3 rings (SSSR count). The highest BCUT2D eigenvalue weighted by molar-refractivity contribution is 7.13. The lowest BCUT2D eigenvalue weighted by molar-refractivity contribution is -0.117. The van der Waals surface area contributed by atoms with Crippen LogP contribution in [0.2, 0.25) is 0 Å². The summed E-state index contributed by atoms with van der Waals surface area (Å²) in [6, 6.07) is 0.694. The molecule has 0 aromatic carbocycles. The Labute approximate surface area is 129 Å². The lowest BCUT2D eigenvalue weighted by atomic mass is 10.2. The highest BCUT2D eigenvalue weighted by Crippen LogP contribution is 2.15. The third-order valence-electron chi connectivity index (χ3n) is 4.19. The summed E-state index contributed by atoms with van der Waals surface area (Å²) >= 11 is 1.48. The summed E-state index contributed by atoms with van der Waals surface area (Å²) in [5.74, 6) is 0.0420. The van der Waals surface area contributed by atoms with E-state index in [4.69, 9.17) is 0 Å². The number of hydrogen-bond acceptors (Lipinski definition) is 6. The Hall–Kier alpha value is -1.02. The number of nitrogens with one attached hydrogen (secondary N) is 2. The first kappa shape index (κ1) is 14.9. The van der Waals surface area contributed by atoms with Crippen LogP contribution in [0.25, 0.3) is 0 Å². The summed E-state index contributed by atoms with van der Waals surface area (Å²) < 4.78 is 0. The van der Waals surface area contributed by atoms with Crippen LogP contribution in [0.3, 0.4) is 0 Å². The van der Waals surface area contributed by atoms with E-state index in [-0.39, 0.29) is 5.91 Å². The average Bonchev–Trinajstić information content (AvgIpc) is 3.11. The van der Waals surface area contributed by atoms with Gasteiger partial charge in [0.1, 0.15) is 0 Å².